The molecular formula is C43H30BNO2. The Bertz CT molecular complexity index is 2370. The monoisotopic (exact) mass is 603 g/mol. The Morgan fingerprint density at radius 1 is 0.596 bits per heavy atom. The van der Waals surface area contributed by atoms with Gasteiger partial charge in [-0.25, -0.2) is 0 Å². The lowest BCUT2D eigenvalue weighted by molar-refractivity contribution is 0.487. The Kier molecular flexibility index (Phi) is 5.43. The molecule has 0 fully saturated rings. The highest BCUT2D eigenvalue weighted by Crippen LogP contribution is 2.52. The van der Waals surface area contributed by atoms with E-state index in [1.165, 1.54) is 22.3 Å². The van der Waals surface area contributed by atoms with Gasteiger partial charge in [0.05, 0.1) is 16.9 Å². The van der Waals surface area contributed by atoms with Crippen LogP contribution in [0.15, 0.2) is 150 Å². The third-order valence-electron chi connectivity index (χ3n) is 10.3. The number of hydrogen-bond donors (Lipinski definition) is 0. The molecule has 0 saturated carbocycles. The first-order valence-electron chi connectivity index (χ1n) is 16.3. The standard InChI is InChI=1S/C43H30BNO2/c1-43(2)32-19-10-9-18-30(32)31-25-24-28(26-33(31)43)41-38(27-14-5-3-6-15-27)40-42(47-41)44-34-20-11-12-22-36(34)46-37-23-13-21-35(39(37)44)45(40)29-16-7-4-8-17-29/h3-26H,1-2H3. The minimum Gasteiger partial charge on any atom is -0.467 e. The molecule has 0 spiro atoms. The summed E-state index contributed by atoms with van der Waals surface area (Å²) in [5, 5.41) is 0. The van der Waals surface area contributed by atoms with Gasteiger partial charge in [0, 0.05) is 27.8 Å². The fourth-order valence-electron chi connectivity index (χ4n) is 8.21. The maximum absolute atomic E-state index is 7.34. The number of furan rings is 1. The minimum atomic E-state index is -0.123. The summed E-state index contributed by atoms with van der Waals surface area (Å²) in [7, 11) is 0. The number of rotatable bonds is 3. The number of fused-ring (bicyclic) bond motifs is 7. The minimum absolute atomic E-state index is 0.118. The number of hydrogen-bond acceptors (Lipinski definition) is 3. The molecule has 47 heavy (non-hydrogen) atoms. The lowest BCUT2D eigenvalue weighted by atomic mass is 9.36. The van der Waals surface area contributed by atoms with Crippen molar-refractivity contribution >= 4 is 40.4 Å². The molecular weight excluding hydrogens is 573 g/mol. The zero-order chi connectivity index (χ0) is 31.3. The number of ether oxygens (including phenoxy) is 1. The highest BCUT2D eigenvalue weighted by Gasteiger charge is 2.47. The van der Waals surface area contributed by atoms with Crippen molar-refractivity contribution in [1.82, 2.24) is 0 Å². The van der Waals surface area contributed by atoms with Crippen LogP contribution in [0.2, 0.25) is 0 Å². The molecule has 3 aliphatic rings. The van der Waals surface area contributed by atoms with Gasteiger partial charge in [0.2, 0.25) is 0 Å². The maximum Gasteiger partial charge on any atom is 0.301 e. The van der Waals surface area contributed by atoms with Crippen molar-refractivity contribution in [2.24, 2.45) is 0 Å². The quantitative estimate of drug-likeness (QED) is 0.188. The fraction of sp³-hybridized carbons (Fsp3) is 0.0698. The summed E-state index contributed by atoms with van der Waals surface area (Å²) in [6.45, 7) is 4.55. The largest absolute Gasteiger partial charge is 0.467 e. The molecule has 6 aromatic carbocycles. The Hall–Kier alpha value is -5.74. The van der Waals surface area contributed by atoms with Crippen molar-refractivity contribution in [3.8, 4) is 45.1 Å². The van der Waals surface area contributed by atoms with Crippen molar-refractivity contribution in [1.29, 1.82) is 0 Å². The van der Waals surface area contributed by atoms with Gasteiger partial charge in [-0.05, 0) is 69.7 Å². The highest BCUT2D eigenvalue weighted by molar-refractivity contribution is 6.98. The highest BCUT2D eigenvalue weighted by atomic mass is 16.5. The molecule has 7 aromatic rings. The second kappa shape index (κ2) is 9.64. The third-order valence-corrected chi connectivity index (χ3v) is 10.3. The van der Waals surface area contributed by atoms with Crippen molar-refractivity contribution < 1.29 is 9.15 Å². The topological polar surface area (TPSA) is 25.6 Å². The molecule has 1 aliphatic carbocycles. The Balaban J connectivity index is 1.30. The van der Waals surface area contributed by atoms with Gasteiger partial charge < -0.3 is 14.1 Å². The van der Waals surface area contributed by atoms with E-state index in [0.717, 1.165) is 67.6 Å². The Morgan fingerprint density at radius 3 is 2.15 bits per heavy atom. The molecule has 0 radical (unpaired) electrons. The molecule has 0 unspecified atom stereocenters. The molecule has 0 saturated heterocycles. The van der Waals surface area contributed by atoms with Crippen molar-refractivity contribution in [3.63, 3.8) is 0 Å². The van der Waals surface area contributed by atoms with Gasteiger partial charge in [-0.15, -0.1) is 0 Å². The molecule has 3 heterocycles. The maximum atomic E-state index is 7.34. The zero-order valence-electron chi connectivity index (χ0n) is 26.2. The second-order valence-corrected chi connectivity index (χ2v) is 13.2. The molecule has 10 rings (SSSR count). The summed E-state index contributed by atoms with van der Waals surface area (Å²) in [5.74, 6) is 2.63. The van der Waals surface area contributed by atoms with Crippen LogP contribution in [-0.4, -0.2) is 6.71 Å². The molecule has 0 bridgehead atoms. The van der Waals surface area contributed by atoms with Gasteiger partial charge in [0.15, 0.2) is 0 Å². The van der Waals surface area contributed by atoms with Crippen LogP contribution < -0.4 is 26.2 Å². The van der Waals surface area contributed by atoms with E-state index in [4.69, 9.17) is 9.15 Å². The average molecular weight is 604 g/mol. The van der Waals surface area contributed by atoms with E-state index in [-0.39, 0.29) is 12.1 Å². The predicted molar refractivity (Wildman–Crippen MR) is 193 cm³/mol. The Morgan fingerprint density at radius 2 is 1.30 bits per heavy atom. The summed E-state index contributed by atoms with van der Waals surface area (Å²) in [6.07, 6.45) is 0. The second-order valence-electron chi connectivity index (χ2n) is 13.2. The van der Waals surface area contributed by atoms with Crippen LogP contribution in [0.25, 0.3) is 33.6 Å². The van der Waals surface area contributed by atoms with Gasteiger partial charge >= 0.3 is 6.71 Å². The molecule has 0 N–H and O–H groups in total. The first-order valence-corrected chi connectivity index (χ1v) is 16.3. The van der Waals surface area contributed by atoms with Crippen molar-refractivity contribution in [2.75, 3.05) is 4.90 Å². The molecule has 0 atom stereocenters. The summed E-state index contributed by atoms with van der Waals surface area (Å²) in [5.41, 5.74) is 14.9. The van der Waals surface area contributed by atoms with Crippen LogP contribution in [0, 0.1) is 0 Å². The number of anilines is 3. The van der Waals surface area contributed by atoms with E-state index in [1.54, 1.807) is 0 Å². The van der Waals surface area contributed by atoms with Crippen molar-refractivity contribution in [2.45, 2.75) is 19.3 Å². The summed E-state index contributed by atoms with van der Waals surface area (Å²) >= 11 is 0. The number of benzene rings is 6. The molecule has 3 nitrogen and oxygen atoms in total. The SMILES string of the molecule is CC1(C)c2ccccc2-c2ccc(-c3oc4c(c3-c3ccccc3)N(c3ccccc3)c3cccc5c3B4c3ccccc3O5)cc21. The summed E-state index contributed by atoms with van der Waals surface area (Å²) in [4.78, 5) is 2.38. The molecule has 1 aromatic heterocycles. The predicted octanol–water partition coefficient (Wildman–Crippen LogP) is 9.33. The van der Waals surface area contributed by atoms with E-state index < -0.39 is 0 Å². The summed E-state index contributed by atoms with van der Waals surface area (Å²) in [6, 6.07) is 51.9. The van der Waals surface area contributed by atoms with Gasteiger partial charge in [-0.2, -0.15) is 0 Å². The van der Waals surface area contributed by atoms with Crippen molar-refractivity contribution in [3.05, 3.63) is 157 Å². The number of nitrogens with zero attached hydrogens (tertiary/aromatic N) is 1. The van der Waals surface area contributed by atoms with E-state index in [0.29, 0.717) is 0 Å². The fourth-order valence-corrected chi connectivity index (χ4v) is 8.21. The van der Waals surface area contributed by atoms with Gasteiger partial charge in [-0.3, -0.25) is 0 Å². The van der Waals surface area contributed by atoms with Crippen LogP contribution in [0.4, 0.5) is 17.1 Å². The number of para-hydroxylation sites is 2. The van der Waals surface area contributed by atoms with Crippen LogP contribution >= 0.6 is 0 Å². The first-order chi connectivity index (χ1) is 23.1. The first kappa shape index (κ1) is 26.5. The lowest BCUT2D eigenvalue weighted by Crippen LogP contribution is -2.59. The third kappa shape index (κ3) is 3.64. The van der Waals surface area contributed by atoms with E-state index in [9.17, 15) is 0 Å². The van der Waals surface area contributed by atoms with Crippen LogP contribution in [0.5, 0.6) is 11.5 Å². The van der Waals surface area contributed by atoms with Crippen LogP contribution in [-0.2, 0) is 5.41 Å². The van der Waals surface area contributed by atoms with Crippen LogP contribution in [0.1, 0.15) is 25.0 Å². The van der Waals surface area contributed by atoms with E-state index in [2.05, 4.69) is 158 Å². The van der Waals surface area contributed by atoms with Crippen LogP contribution in [0.3, 0.4) is 0 Å². The van der Waals surface area contributed by atoms with Gasteiger partial charge in [-0.1, -0.05) is 123 Å². The van der Waals surface area contributed by atoms with Gasteiger partial charge in [0.25, 0.3) is 0 Å². The normalized spacial score (nSPS) is 14.4. The van der Waals surface area contributed by atoms with E-state index >= 15 is 0 Å². The molecule has 4 heteroatoms. The molecule has 0 amide bonds. The average Bonchev–Trinajstić information content (AvgIpc) is 3.62. The molecule has 222 valence electrons. The summed E-state index contributed by atoms with van der Waals surface area (Å²) < 4.78 is 13.9. The van der Waals surface area contributed by atoms with E-state index in [1.807, 2.05) is 6.07 Å². The Labute approximate surface area is 274 Å². The van der Waals surface area contributed by atoms with Gasteiger partial charge in [0.1, 0.15) is 17.3 Å². The lowest BCUT2D eigenvalue weighted by Gasteiger charge is -2.37. The smallest absolute Gasteiger partial charge is 0.301 e. The molecule has 2 aliphatic heterocycles. The zero-order valence-corrected chi connectivity index (χ0v) is 26.2.